The van der Waals surface area contributed by atoms with Crippen molar-refractivity contribution < 1.29 is 4.79 Å². The molecule has 0 fully saturated rings. The number of hydrogen-bond acceptors (Lipinski definition) is 4. The minimum atomic E-state index is -0.0423. The fourth-order valence-electron chi connectivity index (χ4n) is 2.24. The first kappa shape index (κ1) is 11.4. The van der Waals surface area contributed by atoms with Crippen LogP contribution in [-0.4, -0.2) is 27.2 Å². The molecule has 0 unspecified atom stereocenters. The van der Waals surface area contributed by atoms with Crippen molar-refractivity contribution in [3.63, 3.8) is 0 Å². The SMILES string of the molecule is N#Cc1ncn(CC(=O)N2CCc3ccccc32)n1. The van der Waals surface area contributed by atoms with Crippen molar-refractivity contribution in [2.45, 2.75) is 13.0 Å². The fourth-order valence-corrected chi connectivity index (χ4v) is 2.24. The number of hydrogen-bond donors (Lipinski definition) is 0. The number of anilines is 1. The summed E-state index contributed by atoms with van der Waals surface area (Å²) in [5.41, 5.74) is 2.15. The third-order valence-electron chi connectivity index (χ3n) is 3.12. The van der Waals surface area contributed by atoms with Gasteiger partial charge in [-0.25, -0.2) is 9.67 Å². The predicted molar refractivity (Wildman–Crippen MR) is 67.2 cm³/mol. The van der Waals surface area contributed by atoms with Gasteiger partial charge in [-0.15, -0.1) is 5.10 Å². The summed E-state index contributed by atoms with van der Waals surface area (Å²) in [6.07, 6.45) is 2.28. The van der Waals surface area contributed by atoms with Gasteiger partial charge in [-0.2, -0.15) is 5.26 Å². The molecule has 2 aromatic rings. The molecule has 1 aromatic carbocycles. The molecule has 0 N–H and O–H groups in total. The van der Waals surface area contributed by atoms with Crippen molar-refractivity contribution in [1.29, 1.82) is 5.26 Å². The number of carbonyl (C=O) groups excluding carboxylic acids is 1. The number of fused-ring (bicyclic) bond motifs is 1. The lowest BCUT2D eigenvalue weighted by Crippen LogP contribution is -2.32. The van der Waals surface area contributed by atoms with Crippen LogP contribution in [0, 0.1) is 11.3 Å². The Morgan fingerprint density at radius 1 is 1.42 bits per heavy atom. The molecule has 6 nitrogen and oxygen atoms in total. The monoisotopic (exact) mass is 253 g/mol. The van der Waals surface area contributed by atoms with E-state index < -0.39 is 0 Å². The molecule has 2 heterocycles. The van der Waals surface area contributed by atoms with E-state index in [1.54, 1.807) is 4.90 Å². The molecule has 94 valence electrons. The molecule has 19 heavy (non-hydrogen) atoms. The van der Waals surface area contributed by atoms with Gasteiger partial charge in [0.2, 0.25) is 5.91 Å². The molecule has 0 saturated heterocycles. The second-order valence-corrected chi connectivity index (χ2v) is 4.30. The Labute approximate surface area is 109 Å². The smallest absolute Gasteiger partial charge is 0.252 e. The summed E-state index contributed by atoms with van der Waals surface area (Å²) in [5, 5.41) is 12.5. The summed E-state index contributed by atoms with van der Waals surface area (Å²) in [6.45, 7) is 0.793. The van der Waals surface area contributed by atoms with E-state index in [0.717, 1.165) is 12.1 Å². The van der Waals surface area contributed by atoms with Crippen molar-refractivity contribution in [2.24, 2.45) is 0 Å². The van der Waals surface area contributed by atoms with Gasteiger partial charge in [-0.05, 0) is 18.1 Å². The molecular weight excluding hydrogens is 242 g/mol. The lowest BCUT2D eigenvalue weighted by atomic mass is 10.2. The van der Waals surface area contributed by atoms with Gasteiger partial charge < -0.3 is 4.90 Å². The van der Waals surface area contributed by atoms with Gasteiger partial charge >= 0.3 is 0 Å². The van der Waals surface area contributed by atoms with Crippen LogP contribution in [0.4, 0.5) is 5.69 Å². The van der Waals surface area contributed by atoms with Crippen LogP contribution >= 0.6 is 0 Å². The van der Waals surface area contributed by atoms with Crippen LogP contribution in [0.1, 0.15) is 11.4 Å². The number of aromatic nitrogens is 3. The van der Waals surface area contributed by atoms with Crippen LogP contribution in [0.3, 0.4) is 0 Å². The van der Waals surface area contributed by atoms with Crippen LogP contribution in [0.15, 0.2) is 30.6 Å². The summed E-state index contributed by atoms with van der Waals surface area (Å²) >= 11 is 0. The third kappa shape index (κ3) is 2.06. The number of rotatable bonds is 2. The molecule has 6 heteroatoms. The molecular formula is C13H11N5O. The second-order valence-electron chi connectivity index (χ2n) is 4.30. The standard InChI is InChI=1S/C13H11N5O/c14-7-12-15-9-17(16-12)8-13(19)18-6-5-10-3-1-2-4-11(10)18/h1-4,9H,5-6,8H2. The van der Waals surface area contributed by atoms with E-state index in [0.29, 0.717) is 6.54 Å². The molecule has 0 bridgehead atoms. The highest BCUT2D eigenvalue weighted by atomic mass is 16.2. The highest BCUT2D eigenvalue weighted by Gasteiger charge is 2.24. The van der Waals surface area contributed by atoms with Gasteiger partial charge in [0, 0.05) is 12.2 Å². The quantitative estimate of drug-likeness (QED) is 0.791. The highest BCUT2D eigenvalue weighted by molar-refractivity contribution is 5.95. The first-order chi connectivity index (χ1) is 9.28. The number of nitrogens with zero attached hydrogens (tertiary/aromatic N) is 5. The van der Waals surface area contributed by atoms with E-state index in [4.69, 9.17) is 5.26 Å². The van der Waals surface area contributed by atoms with Crippen LogP contribution in [-0.2, 0) is 17.8 Å². The lowest BCUT2D eigenvalue weighted by molar-refractivity contribution is -0.119. The van der Waals surface area contributed by atoms with Gasteiger partial charge in [-0.1, -0.05) is 18.2 Å². The zero-order valence-corrected chi connectivity index (χ0v) is 10.2. The summed E-state index contributed by atoms with van der Waals surface area (Å²) in [5.74, 6) is 0.0361. The topological polar surface area (TPSA) is 74.8 Å². The third-order valence-corrected chi connectivity index (χ3v) is 3.12. The van der Waals surface area contributed by atoms with E-state index in [-0.39, 0.29) is 18.3 Å². The van der Waals surface area contributed by atoms with Crippen molar-refractivity contribution >= 4 is 11.6 Å². The van der Waals surface area contributed by atoms with Crippen molar-refractivity contribution in [3.8, 4) is 6.07 Å². The van der Waals surface area contributed by atoms with E-state index in [1.807, 2.05) is 30.3 Å². The minimum absolute atomic E-state index is 0.0423. The molecule has 1 aliphatic heterocycles. The number of benzene rings is 1. The zero-order chi connectivity index (χ0) is 13.2. The lowest BCUT2D eigenvalue weighted by Gasteiger charge is -2.16. The molecule has 0 saturated carbocycles. The molecule has 1 amide bonds. The Morgan fingerprint density at radius 3 is 3.05 bits per heavy atom. The van der Waals surface area contributed by atoms with Gasteiger partial charge in [0.15, 0.2) is 0 Å². The largest absolute Gasteiger partial charge is 0.310 e. The Morgan fingerprint density at radius 2 is 2.26 bits per heavy atom. The normalized spacial score (nSPS) is 13.1. The average molecular weight is 253 g/mol. The van der Waals surface area contributed by atoms with Crippen LogP contribution in [0.25, 0.3) is 0 Å². The highest BCUT2D eigenvalue weighted by Crippen LogP contribution is 2.27. The maximum Gasteiger partial charge on any atom is 0.252 e. The summed E-state index contributed by atoms with van der Waals surface area (Å²) in [7, 11) is 0. The van der Waals surface area contributed by atoms with E-state index in [1.165, 1.54) is 16.6 Å². The van der Waals surface area contributed by atoms with Gasteiger partial charge in [0.1, 0.15) is 18.9 Å². The average Bonchev–Trinajstić information content (AvgIpc) is 3.04. The molecule has 0 atom stereocenters. The molecule has 1 aromatic heterocycles. The Bertz CT molecular complexity index is 670. The van der Waals surface area contributed by atoms with Crippen LogP contribution in [0.5, 0.6) is 0 Å². The number of carbonyl (C=O) groups is 1. The number of nitriles is 1. The predicted octanol–water partition coefficient (Wildman–Crippen LogP) is 0.739. The maximum atomic E-state index is 12.2. The fraction of sp³-hybridized carbons (Fsp3) is 0.231. The van der Waals surface area contributed by atoms with Crippen LogP contribution in [0.2, 0.25) is 0 Å². The molecule has 0 aliphatic carbocycles. The minimum Gasteiger partial charge on any atom is -0.310 e. The van der Waals surface area contributed by atoms with E-state index in [2.05, 4.69) is 10.1 Å². The summed E-state index contributed by atoms with van der Waals surface area (Å²) < 4.78 is 1.39. The molecule has 0 radical (unpaired) electrons. The maximum absolute atomic E-state index is 12.2. The van der Waals surface area contributed by atoms with Gasteiger partial charge in [0.05, 0.1) is 0 Å². The van der Waals surface area contributed by atoms with E-state index in [9.17, 15) is 4.79 Å². The number of amides is 1. The molecule has 0 spiro atoms. The first-order valence-corrected chi connectivity index (χ1v) is 5.96. The second kappa shape index (κ2) is 4.53. The zero-order valence-electron chi connectivity index (χ0n) is 10.2. The Kier molecular flexibility index (Phi) is 2.72. The van der Waals surface area contributed by atoms with Crippen molar-refractivity contribution in [2.75, 3.05) is 11.4 Å². The number of para-hydroxylation sites is 1. The van der Waals surface area contributed by atoms with E-state index >= 15 is 0 Å². The van der Waals surface area contributed by atoms with Crippen molar-refractivity contribution in [3.05, 3.63) is 42.0 Å². The Balaban J connectivity index is 1.77. The summed E-state index contributed by atoms with van der Waals surface area (Å²) in [6, 6.07) is 9.72. The Hall–Kier alpha value is -2.68. The molecule has 1 aliphatic rings. The van der Waals surface area contributed by atoms with Crippen LogP contribution < -0.4 is 4.90 Å². The van der Waals surface area contributed by atoms with Crippen molar-refractivity contribution in [1.82, 2.24) is 14.8 Å². The summed E-state index contributed by atoms with van der Waals surface area (Å²) in [4.78, 5) is 17.8. The first-order valence-electron chi connectivity index (χ1n) is 5.96. The molecule has 3 rings (SSSR count). The van der Waals surface area contributed by atoms with Gasteiger partial charge in [-0.3, -0.25) is 4.79 Å². The van der Waals surface area contributed by atoms with Gasteiger partial charge in [0.25, 0.3) is 5.82 Å².